The lowest BCUT2D eigenvalue weighted by atomic mass is 10.2. The second kappa shape index (κ2) is 6.24. The van der Waals surface area contributed by atoms with E-state index < -0.39 is 0 Å². The average molecular weight is 293 g/mol. The van der Waals surface area contributed by atoms with Crippen LogP contribution in [-0.4, -0.2) is 13.1 Å². The maximum absolute atomic E-state index is 11.5. The van der Waals surface area contributed by atoms with Crippen LogP contribution < -0.4 is 5.32 Å². The number of aryl methyl sites for hydroxylation is 2. The number of nitrogens with one attached hydrogen (secondary N) is 1. The first-order chi connectivity index (χ1) is 9.51. The average Bonchev–Trinajstić information content (AvgIpc) is 3.01. The van der Waals surface area contributed by atoms with Crippen molar-refractivity contribution in [1.29, 1.82) is 0 Å². The van der Waals surface area contributed by atoms with E-state index in [1.54, 1.807) is 24.3 Å². The Morgan fingerprint density at radius 2 is 2.20 bits per heavy atom. The van der Waals surface area contributed by atoms with E-state index in [1.807, 2.05) is 0 Å². The first-order valence-corrected chi connectivity index (χ1v) is 7.30. The Hall–Kier alpha value is -1.59. The summed E-state index contributed by atoms with van der Waals surface area (Å²) in [7, 11) is 1.37. The third-order valence-electron chi connectivity index (χ3n) is 3.14. The monoisotopic (exact) mass is 293 g/mol. The van der Waals surface area contributed by atoms with Crippen molar-refractivity contribution in [2.45, 2.75) is 33.4 Å². The molecule has 0 bridgehead atoms. The van der Waals surface area contributed by atoms with Crippen LogP contribution in [0.4, 0.5) is 0 Å². The van der Waals surface area contributed by atoms with Crippen molar-refractivity contribution in [1.82, 2.24) is 5.32 Å². The number of carbonyl (C=O) groups is 1. The van der Waals surface area contributed by atoms with Crippen molar-refractivity contribution in [2.75, 3.05) is 7.11 Å². The molecule has 2 rings (SSSR count). The molecule has 4 nitrogen and oxygen atoms in total. The molecule has 0 amide bonds. The van der Waals surface area contributed by atoms with Gasteiger partial charge in [0.2, 0.25) is 0 Å². The minimum absolute atomic E-state index is 0.251. The number of furan rings is 1. The van der Waals surface area contributed by atoms with E-state index in [9.17, 15) is 4.79 Å². The quantitative estimate of drug-likeness (QED) is 0.856. The molecule has 1 N–H and O–H groups in total. The molecule has 2 aromatic heterocycles. The number of hydrogen-bond donors (Lipinski definition) is 1. The molecule has 0 aliphatic heterocycles. The fourth-order valence-corrected chi connectivity index (χ4v) is 2.89. The van der Waals surface area contributed by atoms with Gasteiger partial charge >= 0.3 is 5.97 Å². The van der Waals surface area contributed by atoms with Crippen LogP contribution in [0, 0.1) is 13.8 Å². The molecule has 0 radical (unpaired) electrons. The van der Waals surface area contributed by atoms with Gasteiger partial charge in [-0.3, -0.25) is 0 Å². The lowest BCUT2D eigenvalue weighted by Gasteiger charge is -2.10. The molecule has 0 aliphatic rings. The van der Waals surface area contributed by atoms with Gasteiger partial charge in [-0.2, -0.15) is 0 Å². The Bertz CT molecular complexity index is 600. The van der Waals surface area contributed by atoms with Gasteiger partial charge < -0.3 is 14.5 Å². The Balaban J connectivity index is 1.99. The van der Waals surface area contributed by atoms with Gasteiger partial charge in [-0.15, -0.1) is 11.3 Å². The number of carbonyl (C=O) groups excluding carboxylic acids is 1. The summed E-state index contributed by atoms with van der Waals surface area (Å²) in [6, 6.07) is 6.23. The predicted octanol–water partition coefficient (Wildman–Crippen LogP) is 3.60. The van der Waals surface area contributed by atoms with Crippen LogP contribution in [0.1, 0.15) is 44.6 Å². The van der Waals surface area contributed by atoms with E-state index in [2.05, 4.69) is 31.3 Å². The van der Waals surface area contributed by atoms with Gasteiger partial charge in [-0.25, -0.2) is 4.79 Å². The first-order valence-electron chi connectivity index (χ1n) is 6.48. The molecule has 0 fully saturated rings. The Morgan fingerprint density at radius 1 is 1.45 bits per heavy atom. The molecule has 5 heteroatoms. The minimum Gasteiger partial charge on any atom is -0.465 e. The summed E-state index contributed by atoms with van der Waals surface area (Å²) in [5, 5.41) is 3.39. The molecule has 1 unspecified atom stereocenters. The van der Waals surface area contributed by atoms with Crippen molar-refractivity contribution in [3.8, 4) is 0 Å². The van der Waals surface area contributed by atoms with Crippen LogP contribution >= 0.6 is 11.3 Å². The van der Waals surface area contributed by atoms with Gasteiger partial charge in [0.1, 0.15) is 17.1 Å². The first kappa shape index (κ1) is 14.8. The van der Waals surface area contributed by atoms with Crippen molar-refractivity contribution in [3.63, 3.8) is 0 Å². The number of ether oxygens (including phenoxy) is 1. The van der Waals surface area contributed by atoms with Crippen molar-refractivity contribution in [2.24, 2.45) is 0 Å². The summed E-state index contributed by atoms with van der Waals surface area (Å²) in [4.78, 5) is 14.1. The molecule has 2 aromatic rings. The topological polar surface area (TPSA) is 51.5 Å². The fraction of sp³-hybridized carbons (Fsp3) is 0.400. The molecule has 20 heavy (non-hydrogen) atoms. The van der Waals surface area contributed by atoms with Crippen molar-refractivity contribution < 1.29 is 13.9 Å². The van der Waals surface area contributed by atoms with E-state index in [-0.39, 0.29) is 12.0 Å². The summed E-state index contributed by atoms with van der Waals surface area (Å²) in [5.41, 5.74) is 0.490. The standard InChI is InChI=1S/C15H19NO3S/c1-9-5-6-14(20-9)10(2)16-8-12-7-13(11(3)19-12)15(17)18-4/h5-7,10,16H,8H2,1-4H3. The van der Waals surface area contributed by atoms with Crippen molar-refractivity contribution in [3.05, 3.63) is 45.0 Å². The van der Waals surface area contributed by atoms with Gasteiger partial charge in [0.05, 0.1) is 13.7 Å². The number of rotatable bonds is 5. The van der Waals surface area contributed by atoms with Crippen LogP contribution in [0.2, 0.25) is 0 Å². The van der Waals surface area contributed by atoms with Crippen LogP contribution in [0.25, 0.3) is 0 Å². The fourth-order valence-electron chi connectivity index (χ4n) is 1.98. The second-order valence-corrected chi connectivity index (χ2v) is 6.04. The lowest BCUT2D eigenvalue weighted by molar-refractivity contribution is 0.0599. The molecule has 108 valence electrons. The number of thiophene rings is 1. The van der Waals surface area contributed by atoms with E-state index in [0.29, 0.717) is 17.9 Å². The van der Waals surface area contributed by atoms with Gasteiger partial charge in [-0.05, 0) is 39.0 Å². The number of esters is 1. The van der Waals surface area contributed by atoms with Gasteiger partial charge in [0.25, 0.3) is 0 Å². The Labute approximate surface area is 122 Å². The summed E-state index contributed by atoms with van der Waals surface area (Å²) >= 11 is 1.78. The summed E-state index contributed by atoms with van der Waals surface area (Å²) in [5.74, 6) is 0.968. The summed E-state index contributed by atoms with van der Waals surface area (Å²) in [6.07, 6.45) is 0. The second-order valence-electron chi connectivity index (χ2n) is 4.73. The molecule has 2 heterocycles. The maximum Gasteiger partial charge on any atom is 0.341 e. The van der Waals surface area contributed by atoms with Gasteiger partial charge in [0, 0.05) is 15.8 Å². The molecule has 0 spiro atoms. The van der Waals surface area contributed by atoms with Gasteiger partial charge in [-0.1, -0.05) is 0 Å². The predicted molar refractivity (Wildman–Crippen MR) is 79.1 cm³/mol. The Morgan fingerprint density at radius 3 is 2.80 bits per heavy atom. The molecule has 0 aromatic carbocycles. The van der Waals surface area contributed by atoms with Crippen LogP contribution in [0.15, 0.2) is 22.6 Å². The highest BCUT2D eigenvalue weighted by Gasteiger charge is 2.16. The number of hydrogen-bond acceptors (Lipinski definition) is 5. The van der Waals surface area contributed by atoms with Crippen LogP contribution in [0.5, 0.6) is 0 Å². The highest BCUT2D eigenvalue weighted by atomic mass is 32.1. The third-order valence-corrected chi connectivity index (χ3v) is 4.33. The van der Waals surface area contributed by atoms with E-state index >= 15 is 0 Å². The highest BCUT2D eigenvalue weighted by Crippen LogP contribution is 2.23. The zero-order valence-corrected chi connectivity index (χ0v) is 13.0. The molecule has 0 saturated heterocycles. The molecular weight excluding hydrogens is 274 g/mol. The van der Waals surface area contributed by atoms with E-state index in [0.717, 1.165) is 5.76 Å². The highest BCUT2D eigenvalue weighted by molar-refractivity contribution is 7.12. The molecule has 1 atom stereocenters. The SMILES string of the molecule is COC(=O)c1cc(CNC(C)c2ccc(C)s2)oc1C. The maximum atomic E-state index is 11.5. The molecule has 0 saturated carbocycles. The van der Waals surface area contributed by atoms with Crippen LogP contribution in [-0.2, 0) is 11.3 Å². The van der Waals surface area contributed by atoms with Crippen LogP contribution in [0.3, 0.4) is 0 Å². The smallest absolute Gasteiger partial charge is 0.341 e. The molecule has 0 aliphatic carbocycles. The zero-order chi connectivity index (χ0) is 14.7. The minimum atomic E-state index is -0.362. The summed E-state index contributed by atoms with van der Waals surface area (Å²) < 4.78 is 10.3. The summed E-state index contributed by atoms with van der Waals surface area (Å²) in [6.45, 7) is 6.56. The van der Waals surface area contributed by atoms with Gasteiger partial charge in [0.15, 0.2) is 0 Å². The third kappa shape index (κ3) is 3.29. The zero-order valence-electron chi connectivity index (χ0n) is 12.1. The normalized spacial score (nSPS) is 12.4. The number of methoxy groups -OCH3 is 1. The molecular formula is C15H19NO3S. The van der Waals surface area contributed by atoms with Crippen molar-refractivity contribution >= 4 is 17.3 Å². The largest absolute Gasteiger partial charge is 0.465 e. The lowest BCUT2D eigenvalue weighted by Crippen LogP contribution is -2.16. The van der Waals surface area contributed by atoms with E-state index in [1.165, 1.54) is 16.9 Å². The Kier molecular flexibility index (Phi) is 4.62. The van der Waals surface area contributed by atoms with E-state index in [4.69, 9.17) is 9.15 Å².